The van der Waals surface area contributed by atoms with Crippen LogP contribution in [0.1, 0.15) is 43.6 Å². The van der Waals surface area contributed by atoms with E-state index in [1.807, 2.05) is 41.3 Å². The van der Waals surface area contributed by atoms with Crippen LogP contribution in [0.3, 0.4) is 0 Å². The van der Waals surface area contributed by atoms with E-state index in [-0.39, 0.29) is 17.7 Å². The largest absolute Gasteiger partial charge is 0.342 e. The van der Waals surface area contributed by atoms with Gasteiger partial charge < -0.3 is 14.7 Å². The average Bonchev–Trinajstić information content (AvgIpc) is 3.31. The molecule has 166 valence electrons. The van der Waals surface area contributed by atoms with Gasteiger partial charge in [0, 0.05) is 41.7 Å². The molecule has 2 aromatic carbocycles. The van der Waals surface area contributed by atoms with Crippen LogP contribution in [0.4, 0.5) is 5.69 Å². The van der Waals surface area contributed by atoms with E-state index in [4.69, 9.17) is 16.1 Å². The Morgan fingerprint density at radius 1 is 1.16 bits per heavy atom. The Morgan fingerprint density at radius 3 is 2.62 bits per heavy atom. The maximum absolute atomic E-state index is 12.6. The number of anilines is 1. The first-order valence-corrected chi connectivity index (χ1v) is 11.2. The van der Waals surface area contributed by atoms with Gasteiger partial charge in [-0.15, -0.1) is 0 Å². The van der Waals surface area contributed by atoms with Crippen LogP contribution in [0, 0.1) is 0 Å². The molecule has 2 amide bonds. The highest BCUT2D eigenvalue weighted by molar-refractivity contribution is 6.30. The van der Waals surface area contributed by atoms with Gasteiger partial charge in [0.25, 0.3) is 0 Å². The molecule has 7 nitrogen and oxygen atoms in total. The van der Waals surface area contributed by atoms with Crippen LogP contribution in [0.5, 0.6) is 0 Å². The van der Waals surface area contributed by atoms with Crippen molar-refractivity contribution in [2.75, 3.05) is 18.4 Å². The molecule has 0 bridgehead atoms. The summed E-state index contributed by atoms with van der Waals surface area (Å²) in [4.78, 5) is 30.7. The summed E-state index contributed by atoms with van der Waals surface area (Å²) in [6, 6.07) is 14.8. The number of nitrogens with zero attached hydrogens (tertiary/aromatic N) is 3. The van der Waals surface area contributed by atoms with Crippen LogP contribution >= 0.6 is 11.6 Å². The molecule has 4 rings (SSSR count). The van der Waals surface area contributed by atoms with Crippen LogP contribution in [0.2, 0.25) is 5.02 Å². The predicted octanol–water partition coefficient (Wildman–Crippen LogP) is 4.69. The lowest BCUT2D eigenvalue weighted by molar-refractivity contribution is -0.131. The highest BCUT2D eigenvalue weighted by Gasteiger charge is 2.27. The molecule has 1 aliphatic rings. The number of aromatic nitrogens is 2. The van der Waals surface area contributed by atoms with Crippen LogP contribution < -0.4 is 5.32 Å². The van der Waals surface area contributed by atoms with Gasteiger partial charge in [0.1, 0.15) is 0 Å². The van der Waals surface area contributed by atoms with Crippen molar-refractivity contribution in [1.82, 2.24) is 15.0 Å². The van der Waals surface area contributed by atoms with E-state index in [0.717, 1.165) is 24.0 Å². The summed E-state index contributed by atoms with van der Waals surface area (Å²) < 4.78 is 5.54. The average molecular weight is 453 g/mol. The highest BCUT2D eigenvalue weighted by atomic mass is 35.5. The van der Waals surface area contributed by atoms with Crippen molar-refractivity contribution in [1.29, 1.82) is 0 Å². The molecule has 1 fully saturated rings. The van der Waals surface area contributed by atoms with Gasteiger partial charge in [-0.3, -0.25) is 9.59 Å². The van der Waals surface area contributed by atoms with Crippen molar-refractivity contribution < 1.29 is 14.1 Å². The van der Waals surface area contributed by atoms with Crippen molar-refractivity contribution >= 4 is 29.1 Å². The van der Waals surface area contributed by atoms with Crippen molar-refractivity contribution in [3.8, 4) is 11.4 Å². The number of hydrogen-bond donors (Lipinski definition) is 1. The first-order valence-electron chi connectivity index (χ1n) is 10.8. The van der Waals surface area contributed by atoms with E-state index >= 15 is 0 Å². The molecule has 3 aromatic rings. The van der Waals surface area contributed by atoms with E-state index in [9.17, 15) is 9.59 Å². The van der Waals surface area contributed by atoms with Crippen LogP contribution in [0.25, 0.3) is 11.4 Å². The summed E-state index contributed by atoms with van der Waals surface area (Å²) in [5, 5.41) is 7.63. The third kappa shape index (κ3) is 5.34. The summed E-state index contributed by atoms with van der Waals surface area (Å²) in [6.07, 6.45) is 2.34. The van der Waals surface area contributed by atoms with E-state index < -0.39 is 0 Å². The van der Waals surface area contributed by atoms with Crippen LogP contribution in [-0.2, 0) is 16.0 Å². The summed E-state index contributed by atoms with van der Waals surface area (Å²) in [6.45, 7) is 3.13. The first kappa shape index (κ1) is 22.0. The molecule has 0 aliphatic carbocycles. The molecular formula is C24H25ClN4O3. The lowest BCUT2D eigenvalue weighted by Gasteiger charge is -2.30. The Kier molecular flexibility index (Phi) is 6.85. The molecule has 1 aromatic heterocycles. The molecule has 2 heterocycles. The molecule has 1 aliphatic heterocycles. The number of carbonyl (C=O) groups is 2. The molecule has 0 unspecified atom stereocenters. The van der Waals surface area contributed by atoms with Crippen molar-refractivity contribution in [3.63, 3.8) is 0 Å². The number of carbonyl (C=O) groups excluding carboxylic acids is 2. The molecule has 0 atom stereocenters. The minimum atomic E-state index is -0.0479. The first-order chi connectivity index (χ1) is 15.5. The van der Waals surface area contributed by atoms with E-state index in [1.165, 1.54) is 0 Å². The number of benzene rings is 2. The fourth-order valence-corrected chi connectivity index (χ4v) is 3.89. The Morgan fingerprint density at radius 2 is 1.91 bits per heavy atom. The number of halogens is 1. The van der Waals surface area contributed by atoms with Gasteiger partial charge in [-0.2, -0.15) is 4.98 Å². The van der Waals surface area contributed by atoms with Gasteiger partial charge in [-0.25, -0.2) is 0 Å². The second-order valence-corrected chi connectivity index (χ2v) is 8.33. The topological polar surface area (TPSA) is 88.3 Å². The number of nitrogens with one attached hydrogen (secondary N) is 1. The van der Waals surface area contributed by atoms with Crippen LogP contribution in [-0.4, -0.2) is 39.9 Å². The maximum atomic E-state index is 12.6. The summed E-state index contributed by atoms with van der Waals surface area (Å²) in [7, 11) is 0. The third-order valence-electron chi connectivity index (χ3n) is 5.63. The van der Waals surface area contributed by atoms with Crippen molar-refractivity contribution in [3.05, 3.63) is 65.0 Å². The normalized spacial score (nSPS) is 14.4. The second-order valence-electron chi connectivity index (χ2n) is 7.90. The smallest absolute Gasteiger partial charge is 0.230 e. The Bertz CT molecular complexity index is 1090. The molecule has 0 spiro atoms. The van der Waals surface area contributed by atoms with Gasteiger partial charge in [0.05, 0.1) is 6.42 Å². The van der Waals surface area contributed by atoms with Gasteiger partial charge in [-0.1, -0.05) is 47.9 Å². The maximum Gasteiger partial charge on any atom is 0.230 e. The SMILES string of the molecule is CCC(=O)Nc1cccc(-c2noc(C3CCN(C(=O)Cc4ccc(Cl)cc4)CC3)n2)c1. The predicted molar refractivity (Wildman–Crippen MR) is 122 cm³/mol. The molecule has 0 saturated carbocycles. The fourth-order valence-electron chi connectivity index (χ4n) is 3.77. The van der Waals surface area contributed by atoms with Crippen molar-refractivity contribution in [2.24, 2.45) is 0 Å². The zero-order valence-electron chi connectivity index (χ0n) is 17.9. The number of rotatable bonds is 6. The van der Waals surface area contributed by atoms with E-state index in [0.29, 0.717) is 48.4 Å². The van der Waals surface area contributed by atoms with Gasteiger partial charge in [-0.05, 0) is 42.7 Å². The Labute approximate surface area is 191 Å². The Balaban J connectivity index is 1.35. The van der Waals surface area contributed by atoms with Crippen LogP contribution in [0.15, 0.2) is 53.1 Å². The lowest BCUT2D eigenvalue weighted by atomic mass is 9.96. The molecular weight excluding hydrogens is 428 g/mol. The number of likely N-dealkylation sites (tertiary alicyclic amines) is 1. The monoisotopic (exact) mass is 452 g/mol. The number of amides is 2. The summed E-state index contributed by atoms with van der Waals surface area (Å²) >= 11 is 5.91. The van der Waals surface area contributed by atoms with E-state index in [1.54, 1.807) is 19.1 Å². The number of hydrogen-bond acceptors (Lipinski definition) is 5. The van der Waals surface area contributed by atoms with Gasteiger partial charge in [0.15, 0.2) is 0 Å². The zero-order chi connectivity index (χ0) is 22.5. The highest BCUT2D eigenvalue weighted by Crippen LogP contribution is 2.29. The molecule has 8 heteroatoms. The molecule has 32 heavy (non-hydrogen) atoms. The Hall–Kier alpha value is -3.19. The van der Waals surface area contributed by atoms with Crippen molar-refractivity contribution in [2.45, 2.75) is 38.5 Å². The zero-order valence-corrected chi connectivity index (χ0v) is 18.6. The summed E-state index contributed by atoms with van der Waals surface area (Å²) in [5.74, 6) is 1.27. The van der Waals surface area contributed by atoms with E-state index in [2.05, 4.69) is 15.5 Å². The minimum Gasteiger partial charge on any atom is -0.342 e. The quantitative estimate of drug-likeness (QED) is 0.586. The van der Waals surface area contributed by atoms with Gasteiger partial charge >= 0.3 is 0 Å². The lowest BCUT2D eigenvalue weighted by Crippen LogP contribution is -2.38. The third-order valence-corrected chi connectivity index (χ3v) is 5.88. The summed E-state index contributed by atoms with van der Waals surface area (Å²) in [5.41, 5.74) is 2.44. The minimum absolute atomic E-state index is 0.0479. The van der Waals surface area contributed by atoms with Gasteiger partial charge in [0.2, 0.25) is 23.5 Å². The number of piperidine rings is 1. The molecule has 0 radical (unpaired) electrons. The standard InChI is InChI=1S/C24H25ClN4O3/c1-2-21(30)26-20-5-3-4-18(15-20)23-27-24(32-28-23)17-10-12-29(13-11-17)22(31)14-16-6-8-19(25)9-7-16/h3-9,15,17H,2,10-14H2,1H3,(H,26,30). The second kappa shape index (κ2) is 9.96. The molecule has 1 N–H and O–H groups in total. The fraction of sp³-hybridized carbons (Fsp3) is 0.333. The molecule has 1 saturated heterocycles.